The van der Waals surface area contributed by atoms with E-state index in [9.17, 15) is 9.59 Å². The van der Waals surface area contributed by atoms with Crippen molar-refractivity contribution in [1.29, 1.82) is 0 Å². The van der Waals surface area contributed by atoms with Crippen molar-refractivity contribution in [1.82, 2.24) is 10.6 Å². The zero-order valence-electron chi connectivity index (χ0n) is 15.3. The Morgan fingerprint density at radius 1 is 1.11 bits per heavy atom. The van der Waals surface area contributed by atoms with Crippen molar-refractivity contribution in [3.05, 3.63) is 65.2 Å². The van der Waals surface area contributed by atoms with Crippen molar-refractivity contribution in [3.8, 4) is 0 Å². The Kier molecular flexibility index (Phi) is 7.95. The lowest BCUT2D eigenvalue weighted by Gasteiger charge is -2.20. The average Bonchev–Trinajstić information content (AvgIpc) is 2.65. The number of amides is 3. The van der Waals surface area contributed by atoms with Crippen LogP contribution < -0.4 is 21.3 Å². The summed E-state index contributed by atoms with van der Waals surface area (Å²) in [5, 5.41) is 5.95. The van der Waals surface area contributed by atoms with Gasteiger partial charge in [0.2, 0.25) is 5.91 Å². The fourth-order valence-corrected chi connectivity index (χ4v) is 3.05. The number of carbonyl (C=O) groups excluding carboxylic acids is 2. The minimum Gasteiger partial charge on any atom is -0.375 e. The number of halogens is 1. The third-order valence-corrected chi connectivity index (χ3v) is 4.52. The summed E-state index contributed by atoms with van der Waals surface area (Å²) in [5.41, 5.74) is 7.03. The second kappa shape index (κ2) is 10.4. The highest BCUT2D eigenvalue weighted by molar-refractivity contribution is 6.31. The first-order valence-corrected chi connectivity index (χ1v) is 9.18. The van der Waals surface area contributed by atoms with Crippen LogP contribution in [0.2, 0.25) is 5.02 Å². The fourth-order valence-electron chi connectivity index (χ4n) is 2.78. The topological polar surface area (TPSA) is 87.5 Å². The number of carbonyl (C=O) groups is 2. The van der Waals surface area contributed by atoms with E-state index in [1.165, 1.54) is 0 Å². The van der Waals surface area contributed by atoms with Crippen molar-refractivity contribution in [3.63, 3.8) is 0 Å². The SMILES string of the molecule is CN(CCCNC(=O)CC(NC(N)=O)c1ccccc1Cl)c1ccccc1. The molecule has 0 aliphatic carbocycles. The number of nitrogens with two attached hydrogens (primary N) is 1. The van der Waals surface area contributed by atoms with Crippen molar-refractivity contribution in [2.24, 2.45) is 5.73 Å². The molecular formula is C20H25ClN4O2. The predicted octanol–water partition coefficient (Wildman–Crippen LogP) is 3.08. The fraction of sp³-hybridized carbons (Fsp3) is 0.300. The van der Waals surface area contributed by atoms with E-state index in [-0.39, 0.29) is 12.3 Å². The average molecular weight is 389 g/mol. The molecular weight excluding hydrogens is 364 g/mol. The maximum Gasteiger partial charge on any atom is 0.312 e. The maximum absolute atomic E-state index is 12.3. The lowest BCUT2D eigenvalue weighted by atomic mass is 10.0. The van der Waals surface area contributed by atoms with E-state index >= 15 is 0 Å². The van der Waals surface area contributed by atoms with Gasteiger partial charge in [-0.1, -0.05) is 48.0 Å². The van der Waals surface area contributed by atoms with Crippen LogP contribution in [-0.4, -0.2) is 32.1 Å². The van der Waals surface area contributed by atoms with E-state index < -0.39 is 12.1 Å². The molecule has 0 spiro atoms. The smallest absolute Gasteiger partial charge is 0.312 e. The van der Waals surface area contributed by atoms with Gasteiger partial charge in [-0.3, -0.25) is 4.79 Å². The van der Waals surface area contributed by atoms with Gasteiger partial charge in [-0.05, 0) is 30.2 Å². The van der Waals surface area contributed by atoms with Gasteiger partial charge in [0.1, 0.15) is 0 Å². The molecule has 2 rings (SSSR count). The molecule has 3 amide bonds. The van der Waals surface area contributed by atoms with Gasteiger partial charge in [-0.15, -0.1) is 0 Å². The molecule has 0 radical (unpaired) electrons. The van der Waals surface area contributed by atoms with E-state index in [1.807, 2.05) is 37.4 Å². The minimum absolute atomic E-state index is 0.0706. The Morgan fingerprint density at radius 3 is 2.44 bits per heavy atom. The first-order chi connectivity index (χ1) is 13.0. The van der Waals surface area contributed by atoms with Crippen molar-refractivity contribution < 1.29 is 9.59 Å². The summed E-state index contributed by atoms with van der Waals surface area (Å²) in [7, 11) is 2.02. The Bertz CT molecular complexity index is 755. The third-order valence-electron chi connectivity index (χ3n) is 4.18. The van der Waals surface area contributed by atoms with E-state index in [2.05, 4.69) is 15.5 Å². The highest BCUT2D eigenvalue weighted by Crippen LogP contribution is 2.25. The Morgan fingerprint density at radius 2 is 1.78 bits per heavy atom. The number of primary amides is 1. The lowest BCUT2D eigenvalue weighted by Crippen LogP contribution is -2.37. The number of nitrogens with zero attached hydrogens (tertiary/aromatic N) is 1. The van der Waals surface area contributed by atoms with Crippen molar-refractivity contribution >= 4 is 29.2 Å². The summed E-state index contributed by atoms with van der Waals surface area (Å²) >= 11 is 6.18. The molecule has 27 heavy (non-hydrogen) atoms. The van der Waals surface area contributed by atoms with Crippen LogP contribution in [0.25, 0.3) is 0 Å². The number of anilines is 1. The molecule has 1 unspecified atom stereocenters. The molecule has 0 bridgehead atoms. The van der Waals surface area contributed by atoms with Gasteiger partial charge in [0.25, 0.3) is 0 Å². The van der Waals surface area contributed by atoms with Crippen LogP contribution >= 0.6 is 11.6 Å². The summed E-state index contributed by atoms with van der Waals surface area (Å²) in [6.07, 6.45) is 0.873. The third kappa shape index (κ3) is 6.83. The van der Waals surface area contributed by atoms with Gasteiger partial charge in [0.05, 0.1) is 12.5 Å². The summed E-state index contributed by atoms with van der Waals surface area (Å²) in [5.74, 6) is -0.170. The summed E-state index contributed by atoms with van der Waals surface area (Å²) in [6.45, 7) is 1.36. The number of hydrogen-bond acceptors (Lipinski definition) is 3. The first-order valence-electron chi connectivity index (χ1n) is 8.80. The van der Waals surface area contributed by atoms with Gasteiger partial charge >= 0.3 is 6.03 Å². The molecule has 0 saturated heterocycles. The highest BCUT2D eigenvalue weighted by Gasteiger charge is 2.19. The Balaban J connectivity index is 1.82. The molecule has 0 aliphatic heterocycles. The first kappa shape index (κ1) is 20.6. The summed E-state index contributed by atoms with van der Waals surface area (Å²) in [4.78, 5) is 25.7. The zero-order chi connectivity index (χ0) is 19.6. The highest BCUT2D eigenvalue weighted by atomic mass is 35.5. The standard InChI is InChI=1S/C20H25ClN4O2/c1-25(15-8-3-2-4-9-15)13-7-12-23-19(26)14-18(24-20(22)27)16-10-5-6-11-17(16)21/h2-6,8-11,18H,7,12-14H2,1H3,(H,23,26)(H3,22,24,27). The Labute approximate surface area is 164 Å². The molecule has 0 heterocycles. The second-order valence-corrected chi connectivity index (χ2v) is 6.65. The van der Waals surface area contributed by atoms with Crippen LogP contribution in [0, 0.1) is 0 Å². The minimum atomic E-state index is -0.697. The van der Waals surface area contributed by atoms with Crippen molar-refractivity contribution in [2.75, 3.05) is 25.0 Å². The largest absolute Gasteiger partial charge is 0.375 e. The lowest BCUT2D eigenvalue weighted by molar-refractivity contribution is -0.121. The molecule has 6 nitrogen and oxygen atoms in total. The number of para-hydroxylation sites is 1. The van der Waals surface area contributed by atoms with Crippen LogP contribution in [-0.2, 0) is 4.79 Å². The number of urea groups is 1. The summed E-state index contributed by atoms with van der Waals surface area (Å²) < 4.78 is 0. The molecule has 1 atom stereocenters. The van der Waals surface area contributed by atoms with Gasteiger partial charge in [-0.2, -0.15) is 0 Å². The quantitative estimate of drug-likeness (QED) is 0.577. The molecule has 2 aromatic carbocycles. The van der Waals surface area contributed by atoms with Crippen LogP contribution in [0.1, 0.15) is 24.4 Å². The number of hydrogen-bond donors (Lipinski definition) is 3. The van der Waals surface area contributed by atoms with Crippen LogP contribution in [0.4, 0.5) is 10.5 Å². The van der Waals surface area contributed by atoms with E-state index in [0.717, 1.165) is 18.7 Å². The van der Waals surface area contributed by atoms with Gasteiger partial charge in [0, 0.05) is 30.8 Å². The molecule has 0 fully saturated rings. The van der Waals surface area contributed by atoms with E-state index in [1.54, 1.807) is 24.3 Å². The zero-order valence-corrected chi connectivity index (χ0v) is 16.1. The number of benzene rings is 2. The molecule has 0 aliphatic rings. The maximum atomic E-state index is 12.3. The monoisotopic (exact) mass is 388 g/mol. The Hall–Kier alpha value is -2.73. The molecule has 2 aromatic rings. The van der Waals surface area contributed by atoms with Crippen molar-refractivity contribution in [2.45, 2.75) is 18.9 Å². The number of rotatable bonds is 9. The molecule has 4 N–H and O–H groups in total. The second-order valence-electron chi connectivity index (χ2n) is 6.25. The van der Waals surface area contributed by atoms with Gasteiger partial charge in [0.15, 0.2) is 0 Å². The normalized spacial score (nSPS) is 11.5. The van der Waals surface area contributed by atoms with Gasteiger partial charge in [-0.25, -0.2) is 4.79 Å². The van der Waals surface area contributed by atoms with Crippen LogP contribution in [0.15, 0.2) is 54.6 Å². The van der Waals surface area contributed by atoms with Gasteiger partial charge < -0.3 is 21.3 Å². The van der Waals surface area contributed by atoms with E-state index in [4.69, 9.17) is 17.3 Å². The number of nitrogens with one attached hydrogen (secondary N) is 2. The summed E-state index contributed by atoms with van der Waals surface area (Å²) in [6, 6.07) is 15.9. The molecule has 0 aromatic heterocycles. The predicted molar refractivity (Wildman–Crippen MR) is 109 cm³/mol. The van der Waals surface area contributed by atoms with Crippen LogP contribution in [0.3, 0.4) is 0 Å². The van der Waals surface area contributed by atoms with E-state index in [0.29, 0.717) is 17.1 Å². The molecule has 0 saturated carbocycles. The molecule has 7 heteroatoms. The van der Waals surface area contributed by atoms with Crippen LogP contribution in [0.5, 0.6) is 0 Å². The molecule has 144 valence electrons.